The standard InChI is InChI=1S/C19H22FN7O/c1-12(2)28-17-10-16(25-26-17)23-18-21-11-22-19(24-18)27-9-3-4-15(27)13-5-7-14(20)8-6-13/h5-8,10-12,15H,3-4,9H2,1-2H3,(H2,21,22,23,24,25,26). The highest BCUT2D eigenvalue weighted by Crippen LogP contribution is 2.34. The van der Waals surface area contributed by atoms with Crippen LogP contribution in [0.2, 0.25) is 0 Å². The fourth-order valence-electron chi connectivity index (χ4n) is 3.31. The van der Waals surface area contributed by atoms with Gasteiger partial charge in [0.2, 0.25) is 17.8 Å². The van der Waals surface area contributed by atoms with Crippen molar-refractivity contribution in [1.82, 2.24) is 25.1 Å². The van der Waals surface area contributed by atoms with Crippen LogP contribution in [0.15, 0.2) is 36.7 Å². The van der Waals surface area contributed by atoms with Crippen LogP contribution in [-0.2, 0) is 0 Å². The summed E-state index contributed by atoms with van der Waals surface area (Å²) in [5.41, 5.74) is 1.05. The Balaban J connectivity index is 1.51. The van der Waals surface area contributed by atoms with Gasteiger partial charge < -0.3 is 15.0 Å². The third-order valence-corrected chi connectivity index (χ3v) is 4.48. The number of anilines is 3. The number of rotatable bonds is 6. The Labute approximate surface area is 162 Å². The number of nitrogens with one attached hydrogen (secondary N) is 2. The summed E-state index contributed by atoms with van der Waals surface area (Å²) < 4.78 is 18.8. The molecular formula is C19H22FN7O. The fraction of sp³-hybridized carbons (Fsp3) is 0.368. The summed E-state index contributed by atoms with van der Waals surface area (Å²) >= 11 is 0. The maximum absolute atomic E-state index is 13.3. The lowest BCUT2D eigenvalue weighted by molar-refractivity contribution is 0.232. The molecule has 0 aliphatic carbocycles. The maximum Gasteiger partial charge on any atom is 0.234 e. The lowest BCUT2D eigenvalue weighted by Gasteiger charge is -2.25. The number of benzene rings is 1. The molecule has 1 fully saturated rings. The topological polar surface area (TPSA) is 91.9 Å². The molecule has 1 aliphatic heterocycles. The molecule has 1 aromatic carbocycles. The third kappa shape index (κ3) is 4.03. The molecule has 2 N–H and O–H groups in total. The Morgan fingerprint density at radius 3 is 2.86 bits per heavy atom. The van der Waals surface area contributed by atoms with E-state index in [1.165, 1.54) is 18.5 Å². The molecule has 0 spiro atoms. The van der Waals surface area contributed by atoms with E-state index < -0.39 is 0 Å². The Bertz CT molecular complexity index is 928. The maximum atomic E-state index is 13.3. The van der Waals surface area contributed by atoms with Crippen molar-refractivity contribution < 1.29 is 9.13 Å². The zero-order chi connectivity index (χ0) is 19.5. The van der Waals surface area contributed by atoms with Crippen molar-refractivity contribution in [2.45, 2.75) is 38.8 Å². The van der Waals surface area contributed by atoms with Gasteiger partial charge in [0.15, 0.2) is 0 Å². The molecule has 3 heterocycles. The molecular weight excluding hydrogens is 361 g/mol. The molecule has 28 heavy (non-hydrogen) atoms. The largest absolute Gasteiger partial charge is 0.474 e. The van der Waals surface area contributed by atoms with Gasteiger partial charge in [0.05, 0.1) is 12.1 Å². The smallest absolute Gasteiger partial charge is 0.234 e. The number of hydrogen-bond acceptors (Lipinski definition) is 7. The van der Waals surface area contributed by atoms with Crippen LogP contribution >= 0.6 is 0 Å². The highest BCUT2D eigenvalue weighted by Gasteiger charge is 2.28. The zero-order valence-electron chi connectivity index (χ0n) is 15.8. The van der Waals surface area contributed by atoms with Gasteiger partial charge in [-0.3, -0.25) is 5.10 Å². The number of hydrogen-bond donors (Lipinski definition) is 2. The van der Waals surface area contributed by atoms with E-state index in [0.29, 0.717) is 23.6 Å². The number of aromatic nitrogens is 5. The van der Waals surface area contributed by atoms with Crippen molar-refractivity contribution >= 4 is 17.7 Å². The van der Waals surface area contributed by atoms with Crippen LogP contribution in [-0.4, -0.2) is 37.8 Å². The molecule has 8 nitrogen and oxygen atoms in total. The fourth-order valence-corrected chi connectivity index (χ4v) is 3.31. The average Bonchev–Trinajstić information content (AvgIpc) is 3.32. The van der Waals surface area contributed by atoms with Crippen molar-refractivity contribution in [3.63, 3.8) is 0 Å². The van der Waals surface area contributed by atoms with E-state index >= 15 is 0 Å². The summed E-state index contributed by atoms with van der Waals surface area (Å²) in [4.78, 5) is 15.2. The molecule has 1 aliphatic rings. The summed E-state index contributed by atoms with van der Waals surface area (Å²) in [6.45, 7) is 4.71. The van der Waals surface area contributed by atoms with E-state index in [2.05, 4.69) is 35.4 Å². The predicted molar refractivity (Wildman–Crippen MR) is 103 cm³/mol. The van der Waals surface area contributed by atoms with Crippen molar-refractivity contribution in [2.24, 2.45) is 0 Å². The second kappa shape index (κ2) is 7.79. The van der Waals surface area contributed by atoms with Crippen molar-refractivity contribution in [1.29, 1.82) is 0 Å². The van der Waals surface area contributed by atoms with E-state index in [4.69, 9.17) is 4.74 Å². The predicted octanol–water partition coefficient (Wildman–Crippen LogP) is 3.61. The lowest BCUT2D eigenvalue weighted by Crippen LogP contribution is -2.25. The summed E-state index contributed by atoms with van der Waals surface area (Å²) in [5, 5.41) is 10.0. The van der Waals surface area contributed by atoms with Gasteiger partial charge in [0.1, 0.15) is 18.0 Å². The minimum atomic E-state index is -0.236. The molecule has 2 aromatic heterocycles. The number of H-pyrrole nitrogens is 1. The van der Waals surface area contributed by atoms with Crippen molar-refractivity contribution in [3.8, 4) is 5.88 Å². The molecule has 0 amide bonds. The Hall–Kier alpha value is -3.23. The number of halogens is 1. The molecule has 4 rings (SSSR count). The van der Waals surface area contributed by atoms with E-state index in [1.807, 2.05) is 26.0 Å². The summed E-state index contributed by atoms with van der Waals surface area (Å²) in [7, 11) is 0. The number of ether oxygens (including phenoxy) is 1. The first kappa shape index (κ1) is 18.1. The van der Waals surface area contributed by atoms with Crippen LogP contribution < -0.4 is 15.0 Å². The second-order valence-corrected chi connectivity index (χ2v) is 6.92. The quantitative estimate of drug-likeness (QED) is 0.672. The molecule has 0 bridgehead atoms. The molecule has 0 radical (unpaired) electrons. The van der Waals surface area contributed by atoms with Gasteiger partial charge in [0, 0.05) is 12.6 Å². The van der Waals surface area contributed by atoms with Crippen LogP contribution in [0, 0.1) is 5.82 Å². The van der Waals surface area contributed by atoms with Gasteiger partial charge >= 0.3 is 0 Å². The van der Waals surface area contributed by atoms with E-state index in [9.17, 15) is 4.39 Å². The third-order valence-electron chi connectivity index (χ3n) is 4.48. The van der Waals surface area contributed by atoms with E-state index in [1.54, 1.807) is 6.07 Å². The monoisotopic (exact) mass is 383 g/mol. The van der Waals surface area contributed by atoms with Gasteiger partial charge in [-0.15, -0.1) is 5.10 Å². The zero-order valence-corrected chi connectivity index (χ0v) is 15.8. The molecule has 146 valence electrons. The second-order valence-electron chi connectivity index (χ2n) is 6.92. The van der Waals surface area contributed by atoms with Gasteiger partial charge in [-0.05, 0) is 44.4 Å². The van der Waals surface area contributed by atoms with E-state index in [0.717, 1.165) is 24.9 Å². The normalized spacial score (nSPS) is 16.6. The van der Waals surface area contributed by atoms with Gasteiger partial charge in [-0.2, -0.15) is 4.98 Å². The van der Waals surface area contributed by atoms with Crippen LogP contribution in [0.5, 0.6) is 5.88 Å². The van der Waals surface area contributed by atoms with Crippen LogP contribution in [0.4, 0.5) is 22.1 Å². The summed E-state index contributed by atoms with van der Waals surface area (Å²) in [6, 6.07) is 8.48. The highest BCUT2D eigenvalue weighted by molar-refractivity contribution is 5.51. The Kier molecular flexibility index (Phi) is 5.05. The minimum Gasteiger partial charge on any atom is -0.474 e. The molecule has 1 unspecified atom stereocenters. The lowest BCUT2D eigenvalue weighted by atomic mass is 10.0. The summed E-state index contributed by atoms with van der Waals surface area (Å²) in [5.74, 6) is 1.89. The molecule has 9 heteroatoms. The first-order valence-corrected chi connectivity index (χ1v) is 9.29. The first-order chi connectivity index (χ1) is 13.6. The molecule has 3 aromatic rings. The Morgan fingerprint density at radius 2 is 2.07 bits per heavy atom. The number of nitrogens with zero attached hydrogens (tertiary/aromatic N) is 5. The van der Waals surface area contributed by atoms with Crippen LogP contribution in [0.3, 0.4) is 0 Å². The Morgan fingerprint density at radius 1 is 1.25 bits per heavy atom. The van der Waals surface area contributed by atoms with Crippen LogP contribution in [0.1, 0.15) is 38.3 Å². The SMILES string of the molecule is CC(C)Oc1cc(Nc2ncnc(N3CCCC3c3ccc(F)cc3)n2)[nH]n1. The van der Waals surface area contributed by atoms with E-state index in [-0.39, 0.29) is 18.0 Å². The van der Waals surface area contributed by atoms with Crippen LogP contribution in [0.25, 0.3) is 0 Å². The van der Waals surface area contributed by atoms with Crippen molar-refractivity contribution in [2.75, 3.05) is 16.8 Å². The van der Waals surface area contributed by atoms with Gasteiger partial charge in [-0.25, -0.2) is 14.4 Å². The van der Waals surface area contributed by atoms with Gasteiger partial charge in [-0.1, -0.05) is 12.1 Å². The van der Waals surface area contributed by atoms with Gasteiger partial charge in [0.25, 0.3) is 0 Å². The number of aromatic amines is 1. The van der Waals surface area contributed by atoms with Crippen molar-refractivity contribution in [3.05, 3.63) is 48.0 Å². The molecule has 0 saturated carbocycles. The highest BCUT2D eigenvalue weighted by atomic mass is 19.1. The average molecular weight is 383 g/mol. The minimum absolute atomic E-state index is 0.0403. The first-order valence-electron chi connectivity index (χ1n) is 9.29. The molecule has 1 atom stereocenters. The molecule has 1 saturated heterocycles. The summed E-state index contributed by atoms with van der Waals surface area (Å²) in [6.07, 6.45) is 3.51.